The van der Waals surface area contributed by atoms with Crippen molar-refractivity contribution in [1.29, 1.82) is 0 Å². The summed E-state index contributed by atoms with van der Waals surface area (Å²) in [6.45, 7) is 0. The van der Waals surface area contributed by atoms with E-state index >= 15 is 0 Å². The molecule has 0 saturated heterocycles. The maximum atomic E-state index is 12.0. The third kappa shape index (κ3) is 3.11. The molecule has 0 aliphatic rings. The van der Waals surface area contributed by atoms with Gasteiger partial charge in [0.1, 0.15) is 10.6 Å². The first kappa shape index (κ1) is 14.0. The van der Waals surface area contributed by atoms with Crippen LogP contribution in [-0.2, 0) is 10.0 Å². The van der Waals surface area contributed by atoms with Gasteiger partial charge < -0.3 is 11.1 Å². The van der Waals surface area contributed by atoms with E-state index in [1.54, 1.807) is 6.07 Å². The fourth-order valence-electron chi connectivity index (χ4n) is 1.54. The van der Waals surface area contributed by atoms with Crippen LogP contribution in [0.1, 0.15) is 10.5 Å². The number of benzene rings is 1. The highest BCUT2D eigenvalue weighted by Crippen LogP contribution is 2.19. The fraction of sp³-hybridized carbons (Fsp3) is 0. The van der Waals surface area contributed by atoms with Crippen LogP contribution in [0.2, 0.25) is 0 Å². The van der Waals surface area contributed by atoms with Gasteiger partial charge in [0, 0.05) is 0 Å². The second-order valence-corrected chi connectivity index (χ2v) is 5.50. The third-order valence-electron chi connectivity index (χ3n) is 2.46. The number of carbonyl (C=O) groups is 1. The molecule has 0 saturated carbocycles. The Kier molecular flexibility index (Phi) is 3.68. The van der Waals surface area contributed by atoms with Gasteiger partial charge in [-0.2, -0.15) is 0 Å². The van der Waals surface area contributed by atoms with Crippen molar-refractivity contribution in [2.75, 3.05) is 11.1 Å². The van der Waals surface area contributed by atoms with Gasteiger partial charge in [-0.3, -0.25) is 4.79 Å². The normalized spacial score (nSPS) is 11.1. The average molecular weight is 292 g/mol. The number of nitrogens with one attached hydrogen (secondary N) is 1. The van der Waals surface area contributed by atoms with Gasteiger partial charge in [0.2, 0.25) is 10.0 Å². The number of hydrogen-bond donors (Lipinski definition) is 3. The number of amides is 1. The molecular weight excluding hydrogens is 280 g/mol. The van der Waals surface area contributed by atoms with E-state index in [1.807, 2.05) is 0 Å². The first-order valence-corrected chi connectivity index (χ1v) is 7.07. The Morgan fingerprint density at radius 2 is 1.85 bits per heavy atom. The molecule has 0 unspecified atom stereocenters. The molecule has 8 heteroatoms. The van der Waals surface area contributed by atoms with Crippen molar-refractivity contribution in [2.45, 2.75) is 4.90 Å². The zero-order chi connectivity index (χ0) is 14.8. The maximum absolute atomic E-state index is 12.0. The van der Waals surface area contributed by atoms with Gasteiger partial charge >= 0.3 is 0 Å². The van der Waals surface area contributed by atoms with Gasteiger partial charge in [0.15, 0.2) is 0 Å². The van der Waals surface area contributed by atoms with E-state index in [0.717, 1.165) is 0 Å². The highest BCUT2D eigenvalue weighted by Gasteiger charge is 2.16. The van der Waals surface area contributed by atoms with Crippen LogP contribution in [0.3, 0.4) is 0 Å². The van der Waals surface area contributed by atoms with Gasteiger partial charge in [0.05, 0.1) is 17.6 Å². The highest BCUT2D eigenvalue weighted by molar-refractivity contribution is 7.89. The first-order valence-electron chi connectivity index (χ1n) is 5.52. The molecule has 0 aliphatic heterocycles. The van der Waals surface area contributed by atoms with Crippen LogP contribution in [0.15, 0.2) is 47.5 Å². The number of carbonyl (C=O) groups excluding carboxylic acids is 1. The number of primary sulfonamides is 1. The molecule has 1 aromatic carbocycles. The summed E-state index contributed by atoms with van der Waals surface area (Å²) in [5.41, 5.74) is 6.10. The molecule has 104 valence electrons. The predicted octanol–water partition coefficient (Wildman–Crippen LogP) is 0.563. The topological polar surface area (TPSA) is 128 Å². The van der Waals surface area contributed by atoms with Crippen LogP contribution in [0.4, 0.5) is 11.4 Å². The second-order valence-electron chi connectivity index (χ2n) is 3.97. The lowest BCUT2D eigenvalue weighted by molar-refractivity contribution is 0.102. The van der Waals surface area contributed by atoms with Crippen LogP contribution in [0.5, 0.6) is 0 Å². The number of sulfonamides is 1. The van der Waals surface area contributed by atoms with Crippen LogP contribution in [0, 0.1) is 0 Å². The highest BCUT2D eigenvalue weighted by atomic mass is 32.2. The van der Waals surface area contributed by atoms with E-state index in [1.165, 1.54) is 36.5 Å². The van der Waals surface area contributed by atoms with Crippen molar-refractivity contribution >= 4 is 27.3 Å². The summed E-state index contributed by atoms with van der Waals surface area (Å²) >= 11 is 0. The van der Waals surface area contributed by atoms with Crippen molar-refractivity contribution in [3.8, 4) is 0 Å². The van der Waals surface area contributed by atoms with Gasteiger partial charge in [0.25, 0.3) is 5.91 Å². The molecule has 0 atom stereocenters. The number of anilines is 2. The average Bonchev–Trinajstić information content (AvgIpc) is 2.38. The number of nitrogen functional groups attached to an aromatic ring is 1. The zero-order valence-electron chi connectivity index (χ0n) is 10.3. The Hall–Kier alpha value is -2.45. The van der Waals surface area contributed by atoms with Crippen LogP contribution in [-0.4, -0.2) is 19.3 Å². The number of nitrogens with two attached hydrogens (primary N) is 2. The van der Waals surface area contributed by atoms with Gasteiger partial charge in [-0.1, -0.05) is 12.1 Å². The van der Waals surface area contributed by atoms with Crippen molar-refractivity contribution < 1.29 is 13.2 Å². The molecule has 0 aliphatic carbocycles. The molecule has 1 amide bonds. The summed E-state index contributed by atoms with van der Waals surface area (Å²) in [6.07, 6.45) is 1.33. The number of pyridine rings is 1. The standard InChI is InChI=1S/C12H12N4O3S/c13-8-5-6-10(15-7-8)12(17)16-9-3-1-2-4-11(9)20(14,18)19/h1-7H,13H2,(H,16,17)(H2,14,18,19). The Morgan fingerprint density at radius 3 is 2.45 bits per heavy atom. The van der Waals surface area contributed by atoms with Gasteiger partial charge in [-0.25, -0.2) is 18.5 Å². The Bertz CT molecular complexity index is 742. The van der Waals surface area contributed by atoms with Crippen LogP contribution in [0.25, 0.3) is 0 Å². The number of rotatable bonds is 3. The number of para-hydroxylation sites is 1. The van der Waals surface area contributed by atoms with Gasteiger partial charge in [-0.15, -0.1) is 0 Å². The van der Waals surface area contributed by atoms with Crippen molar-refractivity contribution in [3.05, 3.63) is 48.3 Å². The van der Waals surface area contributed by atoms with Crippen molar-refractivity contribution in [1.82, 2.24) is 4.98 Å². The van der Waals surface area contributed by atoms with Crippen LogP contribution < -0.4 is 16.2 Å². The summed E-state index contributed by atoms with van der Waals surface area (Å²) in [5.74, 6) is -0.555. The van der Waals surface area contributed by atoms with E-state index in [9.17, 15) is 13.2 Å². The maximum Gasteiger partial charge on any atom is 0.274 e. The van der Waals surface area contributed by atoms with E-state index in [-0.39, 0.29) is 16.3 Å². The lowest BCUT2D eigenvalue weighted by Crippen LogP contribution is -2.19. The largest absolute Gasteiger partial charge is 0.397 e. The molecule has 0 radical (unpaired) electrons. The number of nitrogens with zero attached hydrogens (tertiary/aromatic N) is 1. The van der Waals surface area contributed by atoms with E-state index < -0.39 is 15.9 Å². The van der Waals surface area contributed by atoms with Crippen LogP contribution >= 0.6 is 0 Å². The number of hydrogen-bond acceptors (Lipinski definition) is 5. The first-order chi connectivity index (χ1) is 9.38. The quantitative estimate of drug-likeness (QED) is 0.761. The minimum atomic E-state index is -3.92. The molecule has 1 aromatic heterocycles. The summed E-state index contributed by atoms with van der Waals surface area (Å²) in [5, 5.41) is 7.53. The molecule has 7 nitrogen and oxygen atoms in total. The summed E-state index contributed by atoms with van der Waals surface area (Å²) < 4.78 is 22.8. The van der Waals surface area contributed by atoms with E-state index in [4.69, 9.17) is 10.9 Å². The fourth-order valence-corrected chi connectivity index (χ4v) is 2.24. The Labute approximate surface area is 115 Å². The van der Waals surface area contributed by atoms with E-state index in [2.05, 4.69) is 10.3 Å². The molecule has 5 N–H and O–H groups in total. The molecule has 2 aromatic rings. The Morgan fingerprint density at radius 1 is 1.15 bits per heavy atom. The van der Waals surface area contributed by atoms with Crippen molar-refractivity contribution in [2.24, 2.45) is 5.14 Å². The molecule has 2 rings (SSSR count). The van der Waals surface area contributed by atoms with E-state index in [0.29, 0.717) is 5.69 Å². The SMILES string of the molecule is Nc1ccc(C(=O)Nc2ccccc2S(N)(=O)=O)nc1. The third-order valence-corrected chi connectivity index (χ3v) is 3.43. The Balaban J connectivity index is 2.31. The molecule has 0 fully saturated rings. The molecule has 0 spiro atoms. The summed E-state index contributed by atoms with van der Waals surface area (Å²) in [4.78, 5) is 15.6. The minimum Gasteiger partial charge on any atom is -0.397 e. The summed E-state index contributed by atoms with van der Waals surface area (Å²) in [6, 6.07) is 8.80. The lowest BCUT2D eigenvalue weighted by atomic mass is 10.3. The van der Waals surface area contributed by atoms with Gasteiger partial charge in [-0.05, 0) is 24.3 Å². The summed E-state index contributed by atoms with van der Waals surface area (Å²) in [7, 11) is -3.92. The predicted molar refractivity (Wildman–Crippen MR) is 74.4 cm³/mol. The second kappa shape index (κ2) is 5.27. The smallest absolute Gasteiger partial charge is 0.274 e. The molecule has 0 bridgehead atoms. The monoisotopic (exact) mass is 292 g/mol. The van der Waals surface area contributed by atoms with Crippen molar-refractivity contribution in [3.63, 3.8) is 0 Å². The minimum absolute atomic E-state index is 0.0959. The molecular formula is C12H12N4O3S. The number of aromatic nitrogens is 1. The molecule has 20 heavy (non-hydrogen) atoms. The molecule has 1 heterocycles. The lowest BCUT2D eigenvalue weighted by Gasteiger charge is -2.09. The zero-order valence-corrected chi connectivity index (χ0v) is 11.1.